The minimum atomic E-state index is -0.236. The number of thioether (sulfide) groups is 1. The van der Waals surface area contributed by atoms with Crippen molar-refractivity contribution in [2.24, 2.45) is 0 Å². The third kappa shape index (κ3) is 5.18. The van der Waals surface area contributed by atoms with Gasteiger partial charge >= 0.3 is 0 Å². The van der Waals surface area contributed by atoms with Gasteiger partial charge in [-0.2, -0.15) is 0 Å². The van der Waals surface area contributed by atoms with Gasteiger partial charge in [-0.25, -0.2) is 0 Å². The Balaban J connectivity index is 1.74. The molecule has 0 spiro atoms. The third-order valence-electron chi connectivity index (χ3n) is 3.70. The van der Waals surface area contributed by atoms with E-state index in [-0.39, 0.29) is 24.1 Å². The maximum atomic E-state index is 12.0. The molecule has 0 aliphatic rings. The van der Waals surface area contributed by atoms with E-state index in [0.717, 1.165) is 16.3 Å². The van der Waals surface area contributed by atoms with E-state index in [4.69, 9.17) is 0 Å². The zero-order valence-corrected chi connectivity index (χ0v) is 16.3. The molecule has 2 amide bonds. The van der Waals surface area contributed by atoms with Gasteiger partial charge in [-0.15, -0.1) is 21.5 Å². The lowest BCUT2D eigenvalue weighted by atomic mass is 10.2. The van der Waals surface area contributed by atoms with E-state index >= 15 is 0 Å². The van der Waals surface area contributed by atoms with Crippen molar-refractivity contribution < 1.29 is 9.59 Å². The third-order valence-corrected chi connectivity index (χ3v) is 5.53. The Kier molecular flexibility index (Phi) is 6.61. The van der Waals surface area contributed by atoms with Crippen molar-refractivity contribution >= 4 is 34.9 Å². The van der Waals surface area contributed by atoms with E-state index in [9.17, 15) is 9.59 Å². The smallest absolute Gasteiger partial charge is 0.239 e. The normalized spacial score (nSPS) is 10.6. The molecule has 0 bridgehead atoms. The largest absolute Gasteiger partial charge is 0.358 e. The highest BCUT2D eigenvalue weighted by atomic mass is 32.2. The second kappa shape index (κ2) is 9.33. The molecule has 7 nitrogen and oxygen atoms in total. The van der Waals surface area contributed by atoms with Crippen molar-refractivity contribution in [2.75, 3.05) is 19.3 Å². The molecule has 2 aromatic heterocycles. The number of aromatic nitrogens is 3. The first-order valence-electron chi connectivity index (χ1n) is 8.28. The van der Waals surface area contributed by atoms with Crippen molar-refractivity contribution in [3.8, 4) is 10.7 Å². The zero-order chi connectivity index (χ0) is 19.1. The molecule has 3 rings (SSSR count). The van der Waals surface area contributed by atoms with Gasteiger partial charge in [-0.1, -0.05) is 48.2 Å². The molecule has 0 fully saturated rings. The Labute approximate surface area is 165 Å². The summed E-state index contributed by atoms with van der Waals surface area (Å²) < 4.78 is 2.01. The van der Waals surface area contributed by atoms with E-state index in [2.05, 4.69) is 20.8 Å². The maximum absolute atomic E-state index is 12.0. The summed E-state index contributed by atoms with van der Waals surface area (Å²) in [6.07, 6.45) is 0. The van der Waals surface area contributed by atoms with E-state index < -0.39 is 0 Å². The number of thiophene rings is 1. The van der Waals surface area contributed by atoms with Gasteiger partial charge in [0.15, 0.2) is 11.0 Å². The lowest BCUT2D eigenvalue weighted by molar-refractivity contribution is -0.124. The summed E-state index contributed by atoms with van der Waals surface area (Å²) in [6.45, 7) is 0.580. The van der Waals surface area contributed by atoms with Crippen molar-refractivity contribution in [3.63, 3.8) is 0 Å². The second-order valence-corrected chi connectivity index (χ2v) is 7.48. The van der Waals surface area contributed by atoms with E-state index in [1.54, 1.807) is 11.3 Å². The van der Waals surface area contributed by atoms with Crippen molar-refractivity contribution in [1.82, 2.24) is 25.4 Å². The van der Waals surface area contributed by atoms with Gasteiger partial charge in [0, 0.05) is 7.05 Å². The molecule has 0 atom stereocenters. The van der Waals surface area contributed by atoms with Crippen LogP contribution in [0.25, 0.3) is 10.7 Å². The fraction of sp³-hybridized carbons (Fsp3) is 0.222. The molecule has 0 saturated carbocycles. The number of benzene rings is 1. The molecule has 0 radical (unpaired) electrons. The number of hydrogen-bond donors (Lipinski definition) is 2. The van der Waals surface area contributed by atoms with Crippen molar-refractivity contribution in [3.05, 3.63) is 53.4 Å². The summed E-state index contributed by atoms with van der Waals surface area (Å²) in [6, 6.07) is 14.0. The summed E-state index contributed by atoms with van der Waals surface area (Å²) >= 11 is 2.90. The van der Waals surface area contributed by atoms with Crippen LogP contribution in [0.4, 0.5) is 0 Å². The van der Waals surface area contributed by atoms with Gasteiger partial charge in [0.2, 0.25) is 11.8 Å². The molecule has 3 aromatic rings. The lowest BCUT2D eigenvalue weighted by Gasteiger charge is -2.10. The second-order valence-electron chi connectivity index (χ2n) is 5.59. The SMILES string of the molecule is CNC(=O)CNC(=O)CSc1nnc(-c2cccs2)n1Cc1ccccc1. The average molecular weight is 402 g/mol. The van der Waals surface area contributed by atoms with Crippen LogP contribution >= 0.6 is 23.1 Å². The molecule has 2 heterocycles. The number of nitrogens with zero attached hydrogens (tertiary/aromatic N) is 3. The van der Waals surface area contributed by atoms with Crippen LogP contribution in [0.3, 0.4) is 0 Å². The van der Waals surface area contributed by atoms with E-state index in [1.807, 2.05) is 52.4 Å². The Morgan fingerprint density at radius 2 is 1.93 bits per heavy atom. The van der Waals surface area contributed by atoms with Crippen LogP contribution in [-0.4, -0.2) is 45.9 Å². The summed E-state index contributed by atoms with van der Waals surface area (Å²) in [7, 11) is 1.53. The molecule has 9 heteroatoms. The lowest BCUT2D eigenvalue weighted by Crippen LogP contribution is -2.36. The summed E-state index contributed by atoms with van der Waals surface area (Å²) in [5, 5.41) is 16.3. The standard InChI is InChI=1S/C18H19N5O2S2/c1-19-15(24)10-20-16(25)12-27-18-22-21-17(14-8-5-9-26-14)23(18)11-13-6-3-2-4-7-13/h2-9H,10-12H2,1H3,(H,19,24)(H,20,25). The molecule has 0 aliphatic carbocycles. The van der Waals surface area contributed by atoms with Gasteiger partial charge in [0.1, 0.15) is 0 Å². The Morgan fingerprint density at radius 3 is 2.63 bits per heavy atom. The molecule has 1 aromatic carbocycles. The Morgan fingerprint density at radius 1 is 1.11 bits per heavy atom. The number of nitrogens with one attached hydrogen (secondary N) is 2. The van der Waals surface area contributed by atoms with Crippen LogP contribution in [0, 0.1) is 0 Å². The number of rotatable bonds is 8. The highest BCUT2D eigenvalue weighted by molar-refractivity contribution is 7.99. The number of carbonyl (C=O) groups excluding carboxylic acids is 2. The van der Waals surface area contributed by atoms with Gasteiger partial charge in [-0.3, -0.25) is 14.2 Å². The molecule has 2 N–H and O–H groups in total. The minimum Gasteiger partial charge on any atom is -0.358 e. The molecular formula is C18H19N5O2S2. The summed E-state index contributed by atoms with van der Waals surface area (Å²) in [5.74, 6) is 0.479. The Hall–Kier alpha value is -2.65. The summed E-state index contributed by atoms with van der Waals surface area (Å²) in [5.41, 5.74) is 1.13. The predicted octanol–water partition coefficient (Wildman–Crippen LogP) is 2.01. The van der Waals surface area contributed by atoms with E-state index in [1.165, 1.54) is 18.8 Å². The quantitative estimate of drug-likeness (QED) is 0.564. The summed E-state index contributed by atoms with van der Waals surface area (Å²) in [4.78, 5) is 24.2. The number of carbonyl (C=O) groups is 2. The number of hydrogen-bond acceptors (Lipinski definition) is 6. The number of likely N-dealkylation sites (N-methyl/N-ethyl adjacent to an activating group) is 1. The Bertz CT molecular complexity index is 894. The molecule has 0 aliphatic heterocycles. The monoisotopic (exact) mass is 401 g/mol. The fourth-order valence-corrected chi connectivity index (χ4v) is 3.83. The van der Waals surface area contributed by atoms with Crippen LogP contribution in [0.2, 0.25) is 0 Å². The predicted molar refractivity (Wildman–Crippen MR) is 107 cm³/mol. The molecule has 0 saturated heterocycles. The van der Waals surface area contributed by atoms with Crippen LogP contribution in [0.5, 0.6) is 0 Å². The first-order chi connectivity index (χ1) is 13.2. The van der Waals surface area contributed by atoms with Gasteiger partial charge in [0.25, 0.3) is 0 Å². The maximum Gasteiger partial charge on any atom is 0.239 e. The van der Waals surface area contributed by atoms with Crippen LogP contribution in [-0.2, 0) is 16.1 Å². The fourth-order valence-electron chi connectivity index (χ4n) is 2.34. The van der Waals surface area contributed by atoms with Gasteiger partial charge in [0.05, 0.1) is 23.7 Å². The van der Waals surface area contributed by atoms with E-state index in [0.29, 0.717) is 11.7 Å². The van der Waals surface area contributed by atoms with Crippen LogP contribution in [0.15, 0.2) is 53.0 Å². The zero-order valence-electron chi connectivity index (χ0n) is 14.7. The highest BCUT2D eigenvalue weighted by Gasteiger charge is 2.17. The average Bonchev–Trinajstić information content (AvgIpc) is 3.35. The van der Waals surface area contributed by atoms with Crippen molar-refractivity contribution in [2.45, 2.75) is 11.7 Å². The molecule has 140 valence electrons. The van der Waals surface area contributed by atoms with Crippen LogP contribution < -0.4 is 10.6 Å². The van der Waals surface area contributed by atoms with Gasteiger partial charge < -0.3 is 10.6 Å². The first kappa shape index (κ1) is 19.1. The topological polar surface area (TPSA) is 88.9 Å². The highest BCUT2D eigenvalue weighted by Crippen LogP contribution is 2.28. The van der Waals surface area contributed by atoms with Crippen molar-refractivity contribution in [1.29, 1.82) is 0 Å². The molecule has 27 heavy (non-hydrogen) atoms. The minimum absolute atomic E-state index is 0.0347. The molecule has 0 unspecified atom stereocenters. The number of amides is 2. The first-order valence-corrected chi connectivity index (χ1v) is 10.1. The molecular weight excluding hydrogens is 382 g/mol. The van der Waals surface area contributed by atoms with Crippen LogP contribution in [0.1, 0.15) is 5.56 Å². The van der Waals surface area contributed by atoms with Gasteiger partial charge in [-0.05, 0) is 17.0 Å².